The number of rotatable bonds is 40. The number of guanidine groups is 1. The molecule has 72 heavy (non-hydrogen) atoms. The second-order valence-corrected chi connectivity index (χ2v) is 18.4. The molecule has 1 rings (SSSR count). The Morgan fingerprint density at radius 3 is 1.72 bits per heavy atom. The van der Waals surface area contributed by atoms with Crippen LogP contribution in [0.25, 0.3) is 0 Å². The van der Waals surface area contributed by atoms with Crippen LogP contribution >= 0.6 is 0 Å². The van der Waals surface area contributed by atoms with E-state index in [0.29, 0.717) is 19.4 Å². The molecular weight excluding hydrogens is 941 g/mol. The first-order valence-corrected chi connectivity index (χ1v) is 25.4. The van der Waals surface area contributed by atoms with E-state index >= 15 is 0 Å². The average Bonchev–Trinajstić information content (AvgIpc) is 3.87. The molecule has 25 nitrogen and oxygen atoms in total. The van der Waals surface area contributed by atoms with Crippen molar-refractivity contribution < 1.29 is 62.9 Å². The van der Waals surface area contributed by atoms with Gasteiger partial charge in [0.2, 0.25) is 41.4 Å². The van der Waals surface area contributed by atoms with Crippen molar-refractivity contribution in [2.24, 2.45) is 22.4 Å². The van der Waals surface area contributed by atoms with Crippen LogP contribution in [0.15, 0.2) is 4.99 Å². The number of aliphatic carboxylic acids is 2. The SMILES string of the molecule is CCCCCCCCCCCCCCCCOC(=O)[C@H](CC(=O)NN[C@@H](CCCN=C(N)N)C(=O)NCC(=O)N[C@@H](CC(=O)O)C(=O)N[C@H](C(=O)O)C(C)C)NC(=O)CNC(=O)[C@H](C)NC(=O)[C@@H]1CCCN1. The number of aliphatic imine (C=N–C) groups is 1. The molecule has 1 aliphatic heterocycles. The van der Waals surface area contributed by atoms with E-state index in [1.165, 1.54) is 78.6 Å². The minimum atomic E-state index is -1.70. The van der Waals surface area contributed by atoms with Gasteiger partial charge in [0.1, 0.15) is 30.2 Å². The number of carboxylic acid groups (broad SMARTS) is 2. The van der Waals surface area contributed by atoms with Crippen molar-refractivity contribution in [1.82, 2.24) is 48.1 Å². The summed E-state index contributed by atoms with van der Waals surface area (Å²) in [5.74, 6) is -10.3. The lowest BCUT2D eigenvalue weighted by Crippen LogP contribution is -2.56. The molecule has 0 aromatic rings. The molecule has 1 heterocycles. The predicted molar refractivity (Wildman–Crippen MR) is 266 cm³/mol. The third-order valence-corrected chi connectivity index (χ3v) is 11.6. The number of nitrogens with one attached hydrogen (secondary N) is 9. The number of carbonyl (C=O) groups is 10. The van der Waals surface area contributed by atoms with Gasteiger partial charge in [0.15, 0.2) is 5.96 Å². The molecule has 0 unspecified atom stereocenters. The summed E-state index contributed by atoms with van der Waals surface area (Å²) in [7, 11) is 0. The summed E-state index contributed by atoms with van der Waals surface area (Å²) in [6, 6.07) is -7.33. The van der Waals surface area contributed by atoms with Crippen LogP contribution in [0.2, 0.25) is 0 Å². The van der Waals surface area contributed by atoms with Crippen molar-refractivity contribution in [2.45, 2.75) is 192 Å². The lowest BCUT2D eigenvalue weighted by molar-refractivity contribution is -0.149. The number of hydrogen-bond acceptors (Lipinski definition) is 14. The maximum absolute atomic E-state index is 13.4. The van der Waals surface area contributed by atoms with Gasteiger partial charge in [-0.1, -0.05) is 104 Å². The second-order valence-electron chi connectivity index (χ2n) is 18.4. The summed E-state index contributed by atoms with van der Waals surface area (Å²) in [6.45, 7) is 6.04. The zero-order valence-corrected chi connectivity index (χ0v) is 42.7. The van der Waals surface area contributed by atoms with E-state index in [9.17, 15) is 58.2 Å². The molecule has 0 bridgehead atoms. The Hall–Kier alpha value is -6.11. The van der Waals surface area contributed by atoms with Crippen LogP contribution in [0.3, 0.4) is 0 Å². The quantitative estimate of drug-likeness (QED) is 0.0122. The van der Waals surface area contributed by atoms with Crippen LogP contribution in [-0.2, 0) is 52.7 Å². The number of unbranched alkanes of at least 4 members (excludes halogenated alkanes) is 13. The minimum Gasteiger partial charge on any atom is -0.481 e. The minimum absolute atomic E-state index is 0.0149. The van der Waals surface area contributed by atoms with Crippen molar-refractivity contribution in [3.05, 3.63) is 0 Å². The molecule has 1 aliphatic rings. The van der Waals surface area contributed by atoms with Gasteiger partial charge in [-0.05, 0) is 51.5 Å². The Bertz CT molecular complexity index is 1760. The Labute approximate surface area is 422 Å². The molecular formula is C47H84N12O13. The second kappa shape index (κ2) is 37.6. The monoisotopic (exact) mass is 1020 g/mol. The van der Waals surface area contributed by atoms with E-state index < -0.39 is 121 Å². The highest BCUT2D eigenvalue weighted by molar-refractivity contribution is 5.95. The third kappa shape index (κ3) is 29.9. The predicted octanol–water partition coefficient (Wildman–Crippen LogP) is -0.397. The molecule has 410 valence electrons. The number of hydrazine groups is 1. The molecule has 15 N–H and O–H groups in total. The number of nitrogens with two attached hydrogens (primary N) is 2. The van der Waals surface area contributed by atoms with Gasteiger partial charge in [-0.25, -0.2) is 15.0 Å². The van der Waals surface area contributed by atoms with Crippen LogP contribution in [0, 0.1) is 5.92 Å². The highest BCUT2D eigenvalue weighted by Crippen LogP contribution is 2.13. The Morgan fingerprint density at radius 2 is 1.21 bits per heavy atom. The molecule has 7 amide bonds. The van der Waals surface area contributed by atoms with Gasteiger partial charge in [-0.15, -0.1) is 0 Å². The highest BCUT2D eigenvalue weighted by Gasteiger charge is 2.31. The van der Waals surface area contributed by atoms with Crippen LogP contribution in [0.1, 0.15) is 156 Å². The number of amides is 7. The number of carbonyl (C=O) groups excluding carboxylic acids is 8. The molecule has 0 radical (unpaired) electrons. The van der Waals surface area contributed by atoms with Crippen molar-refractivity contribution in [3.8, 4) is 0 Å². The third-order valence-electron chi connectivity index (χ3n) is 11.6. The topological polar surface area (TPSA) is 393 Å². The van der Waals surface area contributed by atoms with Gasteiger partial charge in [-0.3, -0.25) is 48.8 Å². The van der Waals surface area contributed by atoms with E-state index in [0.717, 1.165) is 32.1 Å². The molecule has 1 fully saturated rings. The number of hydrogen-bond donors (Lipinski definition) is 13. The van der Waals surface area contributed by atoms with Gasteiger partial charge in [0, 0.05) is 6.54 Å². The first-order valence-electron chi connectivity index (χ1n) is 25.4. The number of ether oxygens (including phenoxy) is 1. The fraction of sp³-hybridized carbons (Fsp3) is 0.766. The molecule has 0 saturated carbocycles. The van der Waals surface area contributed by atoms with Gasteiger partial charge in [0.05, 0.1) is 38.6 Å². The van der Waals surface area contributed by atoms with Crippen LogP contribution in [0.5, 0.6) is 0 Å². The van der Waals surface area contributed by atoms with Crippen molar-refractivity contribution in [3.63, 3.8) is 0 Å². The van der Waals surface area contributed by atoms with E-state index in [-0.39, 0.29) is 37.9 Å². The fourth-order valence-electron chi connectivity index (χ4n) is 7.48. The largest absolute Gasteiger partial charge is 0.481 e. The maximum atomic E-state index is 13.4. The van der Waals surface area contributed by atoms with E-state index in [1.807, 2.05) is 0 Å². The first kappa shape index (κ1) is 63.9. The number of esters is 1. The van der Waals surface area contributed by atoms with Gasteiger partial charge < -0.3 is 63.6 Å². The van der Waals surface area contributed by atoms with Crippen molar-refractivity contribution in [2.75, 3.05) is 32.8 Å². The van der Waals surface area contributed by atoms with Gasteiger partial charge >= 0.3 is 17.9 Å². The Balaban J connectivity index is 2.95. The van der Waals surface area contributed by atoms with E-state index in [2.05, 4.69) is 60.0 Å². The maximum Gasteiger partial charge on any atom is 0.329 e. The summed E-state index contributed by atoms with van der Waals surface area (Å²) >= 11 is 0. The normalized spacial score (nSPS) is 15.1. The fourth-order valence-corrected chi connectivity index (χ4v) is 7.48. The lowest BCUT2D eigenvalue weighted by atomic mass is 10.0. The van der Waals surface area contributed by atoms with E-state index in [1.54, 1.807) is 0 Å². The number of nitrogens with zero attached hydrogens (tertiary/aromatic N) is 1. The summed E-state index contributed by atoms with van der Waals surface area (Å²) in [5.41, 5.74) is 15.7. The molecule has 0 aromatic heterocycles. The summed E-state index contributed by atoms with van der Waals surface area (Å²) in [4.78, 5) is 131. The van der Waals surface area contributed by atoms with Crippen LogP contribution in [-0.4, -0.2) is 144 Å². The smallest absolute Gasteiger partial charge is 0.329 e. The lowest BCUT2D eigenvalue weighted by Gasteiger charge is -2.23. The van der Waals surface area contributed by atoms with Crippen LogP contribution in [0.4, 0.5) is 0 Å². The van der Waals surface area contributed by atoms with Crippen molar-refractivity contribution in [1.29, 1.82) is 0 Å². The number of carboxylic acids is 2. The highest BCUT2D eigenvalue weighted by atomic mass is 16.5. The standard InChI is InChI=1S/C47H84N12O13/c1-5-6-7-8-9-10-11-12-13-14-15-16-17-18-25-72-46(71)35(56-38(62)28-52-41(65)31(4)54-43(67)32-21-19-23-50-32)26-36(60)59-58-33(22-20-24-51-47(48)49)42(66)53-29-37(61)55-34(27-39(63)64)44(68)57-40(30(2)3)45(69)70/h30-35,40,50,58H,5-29H2,1-4H3,(H,52,65)(H,53,66)(H,54,67)(H,55,61)(H,56,62)(H,57,68)(H,59,60)(H,63,64)(H,69,70)(H4,48,49,51)/t31-,32-,33-,34-,35-,40-/m0/s1. The zero-order valence-electron chi connectivity index (χ0n) is 42.7. The van der Waals surface area contributed by atoms with Crippen LogP contribution < -0.4 is 59.5 Å². The van der Waals surface area contributed by atoms with E-state index in [4.69, 9.17) is 16.2 Å². The Kier molecular flexibility index (Phi) is 33.4. The molecule has 1 saturated heterocycles. The summed E-state index contributed by atoms with van der Waals surface area (Å²) < 4.78 is 5.46. The molecule has 6 atom stereocenters. The molecule has 25 heteroatoms. The van der Waals surface area contributed by atoms with Gasteiger partial charge in [-0.2, -0.15) is 0 Å². The first-order chi connectivity index (χ1) is 34.2. The zero-order chi connectivity index (χ0) is 53.8. The summed E-state index contributed by atoms with van der Waals surface area (Å²) in [6.07, 6.45) is 15.7. The molecule has 0 spiro atoms. The molecule has 0 aliphatic carbocycles. The summed E-state index contributed by atoms with van der Waals surface area (Å²) in [5, 5.41) is 35.9. The molecule has 0 aromatic carbocycles. The van der Waals surface area contributed by atoms with Crippen molar-refractivity contribution >= 4 is 65.2 Å². The van der Waals surface area contributed by atoms with Gasteiger partial charge in [0.25, 0.3) is 0 Å². The average molecular weight is 1030 g/mol. The Morgan fingerprint density at radius 1 is 0.653 bits per heavy atom.